The second-order valence-electron chi connectivity index (χ2n) is 4.59. The second kappa shape index (κ2) is 5.99. The molecule has 0 aromatic carbocycles. The number of ether oxygens (including phenoxy) is 2. The zero-order valence-corrected chi connectivity index (χ0v) is 12.7. The monoisotopic (exact) mass is 356 g/mol. The number of hydrogen-bond donors (Lipinski definition) is 1. The maximum absolute atomic E-state index is 12.0. The third kappa shape index (κ3) is 3.54. The normalized spacial score (nSPS) is 22.4. The van der Waals surface area contributed by atoms with E-state index in [0.29, 0.717) is 13.0 Å². The van der Waals surface area contributed by atoms with E-state index < -0.39 is 17.5 Å². The molecule has 2 atom stereocenters. The average molecular weight is 356 g/mol. The summed E-state index contributed by atoms with van der Waals surface area (Å²) < 4.78 is 13.3. The van der Waals surface area contributed by atoms with E-state index in [2.05, 4.69) is 8.46 Å². The molecular weight excluding hydrogens is 337 g/mol. The summed E-state index contributed by atoms with van der Waals surface area (Å²) in [6, 6.07) is 0.0326. The average Bonchev–Trinajstić information content (AvgIpc) is 2.64. The van der Waals surface area contributed by atoms with Crippen LogP contribution in [0, 0.1) is 5.41 Å². The Hall–Kier alpha value is -0.370. The first-order valence-corrected chi connectivity index (χ1v) is 8.75. The van der Waals surface area contributed by atoms with Crippen molar-refractivity contribution in [2.75, 3.05) is 11.5 Å². The van der Waals surface area contributed by atoms with Crippen LogP contribution in [0.2, 0.25) is 0 Å². The SMILES string of the molecule is C[I-]NC(C)C(C)(C)C(=O)OC1CCOC1=O. The molecule has 17 heavy (non-hydrogen) atoms. The Balaban J connectivity index is 2.58. The first-order valence-electron chi connectivity index (χ1n) is 5.51. The van der Waals surface area contributed by atoms with Crippen LogP contribution in [-0.4, -0.2) is 35.6 Å². The zero-order valence-electron chi connectivity index (χ0n) is 10.6. The molecule has 6 heteroatoms. The van der Waals surface area contributed by atoms with E-state index in [9.17, 15) is 9.59 Å². The Bertz CT molecular complexity index is 306. The van der Waals surface area contributed by atoms with E-state index >= 15 is 0 Å². The molecule has 1 aliphatic rings. The third-order valence-corrected chi connectivity index (χ3v) is 4.57. The van der Waals surface area contributed by atoms with Crippen molar-refractivity contribution in [3.05, 3.63) is 0 Å². The molecule has 1 heterocycles. The van der Waals surface area contributed by atoms with E-state index in [4.69, 9.17) is 9.47 Å². The number of hydrogen-bond acceptors (Lipinski definition) is 5. The van der Waals surface area contributed by atoms with E-state index in [0.717, 1.165) is 0 Å². The molecule has 5 nitrogen and oxygen atoms in total. The van der Waals surface area contributed by atoms with Gasteiger partial charge in [-0.2, -0.15) is 0 Å². The van der Waals surface area contributed by atoms with Crippen LogP contribution in [0.4, 0.5) is 0 Å². The molecule has 1 rings (SSSR count). The summed E-state index contributed by atoms with van der Waals surface area (Å²) in [5.74, 6) is -0.781. The van der Waals surface area contributed by atoms with Gasteiger partial charge in [0.05, 0.1) is 0 Å². The standard InChI is InChI=1S/C11H19INO4/c1-7(13-12-4)11(2,3)10(15)17-8-5-6-16-9(8)14/h7-8,13H,5-6H2,1-4H3/q-1. The van der Waals surface area contributed by atoms with Crippen LogP contribution in [-0.2, 0) is 19.1 Å². The van der Waals surface area contributed by atoms with E-state index in [1.165, 1.54) is 0 Å². The summed E-state index contributed by atoms with van der Waals surface area (Å²) in [7, 11) is 0. The van der Waals surface area contributed by atoms with Gasteiger partial charge in [0.1, 0.15) is 0 Å². The van der Waals surface area contributed by atoms with E-state index in [-0.39, 0.29) is 33.5 Å². The molecule has 0 radical (unpaired) electrons. The minimum absolute atomic E-state index is 0.0326. The van der Waals surface area contributed by atoms with Gasteiger partial charge in [-0.05, 0) is 0 Å². The number of nitrogens with one attached hydrogen (secondary N) is 1. The van der Waals surface area contributed by atoms with Gasteiger partial charge >= 0.3 is 112 Å². The van der Waals surface area contributed by atoms with Gasteiger partial charge in [0.25, 0.3) is 0 Å². The molecule has 0 amide bonds. The van der Waals surface area contributed by atoms with Gasteiger partial charge in [-0.3, -0.25) is 0 Å². The van der Waals surface area contributed by atoms with Crippen LogP contribution < -0.4 is 25.0 Å². The number of carbonyl (C=O) groups is 2. The first-order chi connectivity index (χ1) is 7.89. The third-order valence-electron chi connectivity index (χ3n) is 3.02. The summed E-state index contributed by atoms with van der Waals surface area (Å²) in [5.41, 5.74) is -0.640. The molecule has 1 fully saturated rings. The second-order valence-corrected chi connectivity index (χ2v) is 6.29. The van der Waals surface area contributed by atoms with Crippen LogP contribution in [0.5, 0.6) is 0 Å². The van der Waals surface area contributed by atoms with Crippen LogP contribution in [0.3, 0.4) is 0 Å². The Kier molecular flexibility index (Phi) is 5.18. The van der Waals surface area contributed by atoms with Crippen LogP contribution in [0.25, 0.3) is 0 Å². The summed E-state index contributed by atoms with van der Waals surface area (Å²) in [6.07, 6.45) is -0.256. The van der Waals surface area contributed by atoms with Gasteiger partial charge in [-0.25, -0.2) is 0 Å². The molecule has 2 unspecified atom stereocenters. The maximum atomic E-state index is 12.0. The predicted octanol–water partition coefficient (Wildman–Crippen LogP) is -2.52. The Morgan fingerprint density at radius 1 is 1.65 bits per heavy atom. The van der Waals surface area contributed by atoms with Crippen LogP contribution in [0.15, 0.2) is 0 Å². The Labute approximate surface area is 112 Å². The quantitative estimate of drug-likeness (QED) is 0.255. The van der Waals surface area contributed by atoms with Gasteiger partial charge in [-0.15, -0.1) is 0 Å². The fourth-order valence-corrected chi connectivity index (χ4v) is 3.06. The molecule has 0 aromatic rings. The Morgan fingerprint density at radius 2 is 2.29 bits per heavy atom. The molecule has 0 saturated carbocycles. The molecule has 0 aliphatic carbocycles. The Morgan fingerprint density at radius 3 is 2.76 bits per heavy atom. The van der Waals surface area contributed by atoms with Crippen molar-refractivity contribution in [3.8, 4) is 0 Å². The molecule has 100 valence electrons. The van der Waals surface area contributed by atoms with Gasteiger partial charge in [0.15, 0.2) is 0 Å². The molecule has 1 N–H and O–H groups in total. The van der Waals surface area contributed by atoms with Crippen LogP contribution >= 0.6 is 0 Å². The number of esters is 2. The topological polar surface area (TPSA) is 64.6 Å². The molecule has 1 saturated heterocycles. The molecule has 0 aromatic heterocycles. The van der Waals surface area contributed by atoms with E-state index in [1.807, 2.05) is 20.8 Å². The molecule has 0 spiro atoms. The zero-order chi connectivity index (χ0) is 13.1. The van der Waals surface area contributed by atoms with Gasteiger partial charge in [0, 0.05) is 0 Å². The van der Waals surface area contributed by atoms with Crippen molar-refractivity contribution in [2.24, 2.45) is 5.41 Å². The van der Waals surface area contributed by atoms with Gasteiger partial charge in [-0.1, -0.05) is 0 Å². The van der Waals surface area contributed by atoms with Crippen molar-refractivity contribution in [1.82, 2.24) is 3.53 Å². The molecule has 0 bridgehead atoms. The molecular formula is C11H19INO4-. The summed E-state index contributed by atoms with van der Waals surface area (Å²) >= 11 is -0.0991. The van der Waals surface area contributed by atoms with Crippen molar-refractivity contribution in [2.45, 2.75) is 39.3 Å². The summed E-state index contributed by atoms with van der Waals surface area (Å²) in [5, 5.41) is 0. The number of carbonyl (C=O) groups excluding carboxylic acids is 2. The van der Waals surface area contributed by atoms with Crippen molar-refractivity contribution >= 4 is 11.9 Å². The van der Waals surface area contributed by atoms with Crippen molar-refractivity contribution in [1.29, 1.82) is 0 Å². The summed E-state index contributed by atoms with van der Waals surface area (Å²) in [6.45, 7) is 5.95. The predicted molar refractivity (Wildman–Crippen MR) is 57.8 cm³/mol. The van der Waals surface area contributed by atoms with Crippen molar-refractivity contribution < 1.29 is 40.5 Å². The number of rotatable bonds is 5. The first kappa shape index (κ1) is 14.7. The number of cyclic esters (lactones) is 1. The minimum atomic E-state index is -0.717. The van der Waals surface area contributed by atoms with Crippen molar-refractivity contribution in [3.63, 3.8) is 0 Å². The number of halogens is 1. The van der Waals surface area contributed by atoms with Gasteiger partial charge in [0.2, 0.25) is 0 Å². The fraction of sp³-hybridized carbons (Fsp3) is 0.818. The summed E-state index contributed by atoms with van der Waals surface area (Å²) in [4.78, 5) is 25.3. The fourth-order valence-electron chi connectivity index (χ4n) is 1.34. The number of alkyl halides is 1. The van der Waals surface area contributed by atoms with Crippen LogP contribution in [0.1, 0.15) is 27.2 Å². The van der Waals surface area contributed by atoms with E-state index in [1.54, 1.807) is 0 Å². The van der Waals surface area contributed by atoms with Gasteiger partial charge < -0.3 is 0 Å². The molecule has 1 aliphatic heterocycles.